The Labute approximate surface area is 152 Å². The Morgan fingerprint density at radius 1 is 1.09 bits per heavy atom. The van der Waals surface area contributed by atoms with Crippen molar-refractivity contribution in [1.82, 2.24) is 0 Å². The van der Waals surface area contributed by atoms with Crippen molar-refractivity contribution in [3.8, 4) is 0 Å². The van der Waals surface area contributed by atoms with Crippen LogP contribution in [-0.2, 0) is 5.41 Å². The normalized spacial score (nSPS) is 16.4. The standard InChI is InChI=1S/C22H21I/c1-5-16(17-9-7-6-8-10-17)13-20-15(2)19-12-11-18(23)14-21(19)22(20,3)4/h5-14H,1H2,2-4H3/b16-13+. The molecular formula is C22H21I. The van der Waals surface area contributed by atoms with Gasteiger partial charge in [-0.05, 0) is 75.1 Å². The van der Waals surface area contributed by atoms with Gasteiger partial charge < -0.3 is 0 Å². The molecule has 2 aromatic rings. The summed E-state index contributed by atoms with van der Waals surface area (Å²) in [6, 6.07) is 17.2. The largest absolute Gasteiger partial charge is 0.0984 e. The lowest BCUT2D eigenvalue weighted by Crippen LogP contribution is -2.16. The fourth-order valence-electron chi connectivity index (χ4n) is 3.45. The molecule has 2 aromatic carbocycles. The van der Waals surface area contributed by atoms with E-state index in [0.29, 0.717) is 0 Å². The third-order valence-corrected chi connectivity index (χ3v) is 5.43. The number of fused-ring (bicyclic) bond motifs is 1. The summed E-state index contributed by atoms with van der Waals surface area (Å²) in [5.41, 5.74) is 7.95. The molecule has 0 spiro atoms. The van der Waals surface area contributed by atoms with E-state index in [4.69, 9.17) is 0 Å². The van der Waals surface area contributed by atoms with Gasteiger partial charge in [0.1, 0.15) is 0 Å². The zero-order valence-corrected chi connectivity index (χ0v) is 16.0. The summed E-state index contributed by atoms with van der Waals surface area (Å²) in [6.45, 7) is 10.9. The number of rotatable bonds is 3. The zero-order valence-electron chi connectivity index (χ0n) is 13.9. The van der Waals surface area contributed by atoms with Crippen molar-refractivity contribution >= 4 is 33.7 Å². The lowest BCUT2D eigenvalue weighted by atomic mass is 9.80. The Morgan fingerprint density at radius 2 is 1.78 bits per heavy atom. The minimum atomic E-state index is 0.0175. The topological polar surface area (TPSA) is 0 Å². The van der Waals surface area contributed by atoms with E-state index in [1.807, 2.05) is 12.1 Å². The lowest BCUT2D eigenvalue weighted by Gasteiger charge is -2.24. The molecule has 0 bridgehead atoms. The molecule has 116 valence electrons. The molecule has 0 nitrogen and oxygen atoms in total. The van der Waals surface area contributed by atoms with Gasteiger partial charge in [0.15, 0.2) is 0 Å². The van der Waals surface area contributed by atoms with Crippen molar-refractivity contribution in [1.29, 1.82) is 0 Å². The predicted molar refractivity (Wildman–Crippen MR) is 109 cm³/mol. The molecular weight excluding hydrogens is 391 g/mol. The van der Waals surface area contributed by atoms with E-state index in [1.165, 1.54) is 37.0 Å². The molecule has 0 fully saturated rings. The van der Waals surface area contributed by atoms with Gasteiger partial charge >= 0.3 is 0 Å². The molecule has 0 saturated heterocycles. The molecule has 0 unspecified atom stereocenters. The Morgan fingerprint density at radius 3 is 2.43 bits per heavy atom. The first-order valence-electron chi connectivity index (χ1n) is 7.86. The smallest absolute Gasteiger partial charge is 0.0156 e. The lowest BCUT2D eigenvalue weighted by molar-refractivity contribution is 0.654. The van der Waals surface area contributed by atoms with E-state index in [0.717, 1.165) is 0 Å². The monoisotopic (exact) mass is 412 g/mol. The first kappa shape index (κ1) is 16.3. The predicted octanol–water partition coefficient (Wildman–Crippen LogP) is 6.63. The van der Waals surface area contributed by atoms with Crippen LogP contribution in [0.15, 0.2) is 72.8 Å². The maximum atomic E-state index is 4.02. The fraction of sp³-hybridized carbons (Fsp3) is 0.182. The van der Waals surface area contributed by atoms with E-state index >= 15 is 0 Å². The minimum absolute atomic E-state index is 0.0175. The van der Waals surface area contributed by atoms with Gasteiger partial charge in [-0.15, -0.1) is 0 Å². The highest BCUT2D eigenvalue weighted by Crippen LogP contribution is 2.47. The van der Waals surface area contributed by atoms with Gasteiger partial charge in [-0.1, -0.05) is 69.0 Å². The molecule has 23 heavy (non-hydrogen) atoms. The van der Waals surface area contributed by atoms with Gasteiger partial charge in [0.05, 0.1) is 0 Å². The molecule has 3 rings (SSSR count). The summed E-state index contributed by atoms with van der Waals surface area (Å²) >= 11 is 2.40. The maximum absolute atomic E-state index is 4.02. The van der Waals surface area contributed by atoms with E-state index in [-0.39, 0.29) is 5.41 Å². The van der Waals surface area contributed by atoms with E-state index in [1.54, 1.807) is 0 Å². The fourth-order valence-corrected chi connectivity index (χ4v) is 3.95. The number of benzene rings is 2. The molecule has 1 heteroatoms. The molecule has 0 amide bonds. The highest BCUT2D eigenvalue weighted by atomic mass is 127. The van der Waals surface area contributed by atoms with Crippen LogP contribution in [0.2, 0.25) is 0 Å². The molecule has 0 atom stereocenters. The third kappa shape index (κ3) is 2.83. The Balaban J connectivity index is 2.15. The average molecular weight is 412 g/mol. The van der Waals surface area contributed by atoms with Gasteiger partial charge in [-0.2, -0.15) is 0 Å². The van der Waals surface area contributed by atoms with Crippen LogP contribution in [-0.4, -0.2) is 0 Å². The number of allylic oxidation sites excluding steroid dienone is 5. The van der Waals surface area contributed by atoms with E-state index in [9.17, 15) is 0 Å². The molecule has 1 aliphatic carbocycles. The summed E-state index contributed by atoms with van der Waals surface area (Å²) < 4.78 is 1.29. The van der Waals surface area contributed by atoms with Crippen LogP contribution >= 0.6 is 22.6 Å². The van der Waals surface area contributed by atoms with Crippen molar-refractivity contribution in [3.05, 3.63) is 93.1 Å². The summed E-state index contributed by atoms with van der Waals surface area (Å²) in [6.07, 6.45) is 4.27. The SMILES string of the molecule is C=C/C(=C\C1=C(C)c2ccc(I)cc2C1(C)C)c1ccccc1. The first-order valence-corrected chi connectivity index (χ1v) is 8.94. The number of hydrogen-bond acceptors (Lipinski definition) is 0. The second-order valence-electron chi connectivity index (χ2n) is 6.52. The van der Waals surface area contributed by atoms with Crippen molar-refractivity contribution < 1.29 is 0 Å². The molecule has 1 aliphatic rings. The first-order chi connectivity index (χ1) is 10.9. The van der Waals surface area contributed by atoms with Crippen molar-refractivity contribution in [3.63, 3.8) is 0 Å². The number of hydrogen-bond donors (Lipinski definition) is 0. The van der Waals surface area contributed by atoms with E-state index < -0.39 is 0 Å². The zero-order chi connectivity index (χ0) is 16.6. The van der Waals surface area contributed by atoms with Crippen LogP contribution in [0, 0.1) is 3.57 Å². The summed E-state index contributed by atoms with van der Waals surface area (Å²) in [5.74, 6) is 0. The quantitative estimate of drug-likeness (QED) is 0.392. The second-order valence-corrected chi connectivity index (χ2v) is 7.77. The van der Waals surface area contributed by atoms with Crippen LogP contribution < -0.4 is 0 Å². The second kappa shape index (κ2) is 6.12. The highest BCUT2D eigenvalue weighted by Gasteiger charge is 2.35. The summed E-state index contributed by atoms with van der Waals surface area (Å²) in [7, 11) is 0. The number of halogens is 1. The molecule has 0 saturated carbocycles. The molecule has 0 N–H and O–H groups in total. The summed E-state index contributed by atoms with van der Waals surface area (Å²) in [4.78, 5) is 0. The van der Waals surface area contributed by atoms with Crippen molar-refractivity contribution in [2.75, 3.05) is 0 Å². The maximum Gasteiger partial charge on any atom is 0.0156 e. The minimum Gasteiger partial charge on any atom is -0.0984 e. The highest BCUT2D eigenvalue weighted by molar-refractivity contribution is 14.1. The average Bonchev–Trinajstić information content (AvgIpc) is 2.73. The molecule has 0 heterocycles. The summed E-state index contributed by atoms with van der Waals surface area (Å²) in [5, 5.41) is 0. The molecule has 0 radical (unpaired) electrons. The van der Waals surface area contributed by atoms with Gasteiger partial charge in [0, 0.05) is 8.99 Å². The Hall–Kier alpha value is -1.61. The Kier molecular flexibility index (Phi) is 4.33. The van der Waals surface area contributed by atoms with Gasteiger partial charge in [-0.3, -0.25) is 0 Å². The van der Waals surface area contributed by atoms with Gasteiger partial charge in [-0.25, -0.2) is 0 Å². The molecule has 0 aromatic heterocycles. The van der Waals surface area contributed by atoms with Crippen LogP contribution in [0.4, 0.5) is 0 Å². The van der Waals surface area contributed by atoms with Crippen LogP contribution in [0.5, 0.6) is 0 Å². The van der Waals surface area contributed by atoms with Crippen LogP contribution in [0.3, 0.4) is 0 Å². The Bertz CT molecular complexity index is 820. The van der Waals surface area contributed by atoms with Gasteiger partial charge in [0.25, 0.3) is 0 Å². The molecule has 0 aliphatic heterocycles. The van der Waals surface area contributed by atoms with Crippen molar-refractivity contribution in [2.24, 2.45) is 0 Å². The van der Waals surface area contributed by atoms with Gasteiger partial charge in [0.2, 0.25) is 0 Å². The van der Waals surface area contributed by atoms with Crippen LogP contribution in [0.25, 0.3) is 11.1 Å². The third-order valence-electron chi connectivity index (χ3n) is 4.76. The van der Waals surface area contributed by atoms with Crippen molar-refractivity contribution in [2.45, 2.75) is 26.2 Å². The van der Waals surface area contributed by atoms with E-state index in [2.05, 4.69) is 98.5 Å². The van der Waals surface area contributed by atoms with Crippen LogP contribution in [0.1, 0.15) is 37.5 Å².